The van der Waals surface area contributed by atoms with Gasteiger partial charge in [0.05, 0.1) is 5.34 Å². The molecule has 0 aliphatic carbocycles. The number of alkyl halides is 2. The largest absolute Gasteiger partial charge is 0.396 e. The first kappa shape index (κ1) is 12.2. The molecule has 0 spiro atoms. The van der Waals surface area contributed by atoms with Crippen molar-refractivity contribution in [3.63, 3.8) is 0 Å². The minimum absolute atomic E-state index is 0.194. The Morgan fingerprint density at radius 1 is 0.889 bits per heavy atom. The number of aliphatic hydroxyl groups excluding tert-OH is 2. The van der Waals surface area contributed by atoms with Crippen molar-refractivity contribution in [2.75, 3.05) is 18.6 Å². The molecule has 0 unspecified atom stereocenters. The monoisotopic (exact) mass is 174 g/mol. The van der Waals surface area contributed by atoms with Crippen molar-refractivity contribution in [2.45, 2.75) is 12.8 Å². The van der Waals surface area contributed by atoms with Crippen LogP contribution in [0.5, 0.6) is 0 Å². The summed E-state index contributed by atoms with van der Waals surface area (Å²) in [5.41, 5.74) is 0. The van der Waals surface area contributed by atoms with Crippen LogP contribution in [-0.2, 0) is 0 Å². The molecule has 0 fully saturated rings. The molecule has 0 aromatic carbocycles. The van der Waals surface area contributed by atoms with E-state index >= 15 is 0 Å². The lowest BCUT2D eigenvalue weighted by atomic mass is 10.3. The number of rotatable bonds is 3. The average molecular weight is 175 g/mol. The molecule has 2 nitrogen and oxygen atoms in total. The predicted octanol–water partition coefficient (Wildman–Crippen LogP) is 1.17. The lowest BCUT2D eigenvalue weighted by Gasteiger charge is -1.85. The van der Waals surface area contributed by atoms with Gasteiger partial charge in [-0.1, -0.05) is 0 Å². The average Bonchev–Trinajstić information content (AvgIpc) is 1.86. The molecular formula is C5H12Cl2O2. The van der Waals surface area contributed by atoms with Crippen molar-refractivity contribution < 1.29 is 10.2 Å². The van der Waals surface area contributed by atoms with E-state index in [1.807, 2.05) is 0 Å². The Hall–Kier alpha value is 0.500. The predicted molar refractivity (Wildman–Crippen MR) is 40.0 cm³/mol. The van der Waals surface area contributed by atoms with Crippen LogP contribution in [0.2, 0.25) is 0 Å². The summed E-state index contributed by atoms with van der Waals surface area (Å²) in [4.78, 5) is 0. The second kappa shape index (κ2) is 15.8. The van der Waals surface area contributed by atoms with Crippen molar-refractivity contribution in [2.24, 2.45) is 0 Å². The maximum Gasteiger partial charge on any atom is 0.0967 e. The minimum Gasteiger partial charge on any atom is -0.396 e. The van der Waals surface area contributed by atoms with Crippen LogP contribution < -0.4 is 0 Å². The fourth-order valence-electron chi connectivity index (χ4n) is 0.224. The Morgan fingerprint density at radius 3 is 1.22 bits per heavy atom. The highest BCUT2D eigenvalue weighted by Gasteiger charge is 1.77. The molecule has 58 valence electrons. The van der Waals surface area contributed by atoms with E-state index in [-0.39, 0.29) is 18.6 Å². The summed E-state index contributed by atoms with van der Waals surface area (Å²) in [7, 11) is 0. The second-order valence-electron chi connectivity index (χ2n) is 1.26. The van der Waals surface area contributed by atoms with Crippen LogP contribution >= 0.6 is 23.2 Å². The lowest BCUT2D eigenvalue weighted by molar-refractivity contribution is 0.242. The number of halogens is 2. The molecule has 0 rings (SSSR count). The van der Waals surface area contributed by atoms with Crippen molar-refractivity contribution >= 4 is 23.2 Å². The molecule has 0 heterocycles. The Bertz CT molecular complexity index is 32.1. The smallest absolute Gasteiger partial charge is 0.0967 e. The maximum atomic E-state index is 8.09. The number of aliphatic hydroxyl groups is 2. The van der Waals surface area contributed by atoms with Crippen molar-refractivity contribution in [1.82, 2.24) is 0 Å². The van der Waals surface area contributed by atoms with Crippen molar-refractivity contribution in [3.8, 4) is 0 Å². The summed E-state index contributed by atoms with van der Waals surface area (Å²) in [6, 6.07) is 0. The summed E-state index contributed by atoms with van der Waals surface area (Å²) in [5.74, 6) is 0. The normalized spacial score (nSPS) is 8.00. The van der Waals surface area contributed by atoms with Gasteiger partial charge >= 0.3 is 0 Å². The summed E-state index contributed by atoms with van der Waals surface area (Å²) in [5, 5.41) is 16.4. The van der Waals surface area contributed by atoms with Gasteiger partial charge in [-0.25, -0.2) is 0 Å². The van der Waals surface area contributed by atoms with Gasteiger partial charge in [0.1, 0.15) is 0 Å². The van der Waals surface area contributed by atoms with E-state index in [9.17, 15) is 0 Å². The van der Waals surface area contributed by atoms with Gasteiger partial charge in [-0.2, -0.15) is 0 Å². The van der Waals surface area contributed by atoms with Gasteiger partial charge < -0.3 is 10.2 Å². The molecule has 0 aliphatic rings. The summed E-state index contributed by atoms with van der Waals surface area (Å²) in [6.45, 7) is 0.390. The number of unbranched alkanes of at least 4 members (excludes halogenated alkanes) is 1. The van der Waals surface area contributed by atoms with E-state index < -0.39 is 0 Å². The highest BCUT2D eigenvalue weighted by molar-refractivity contribution is 6.40. The van der Waals surface area contributed by atoms with Gasteiger partial charge in [0.15, 0.2) is 0 Å². The standard InChI is InChI=1S/C4H10O2.CH2Cl2/c5-3-1-2-4-6;2-1-3/h5-6H,1-4H2;1H2. The zero-order valence-electron chi connectivity index (χ0n) is 5.19. The van der Waals surface area contributed by atoms with Crippen LogP contribution in [0.3, 0.4) is 0 Å². The van der Waals surface area contributed by atoms with Crippen LogP contribution in [0.4, 0.5) is 0 Å². The topological polar surface area (TPSA) is 40.5 Å². The maximum absolute atomic E-state index is 8.09. The first-order chi connectivity index (χ1) is 4.33. The molecule has 0 amide bonds. The lowest BCUT2D eigenvalue weighted by Crippen LogP contribution is -1.85. The molecular weight excluding hydrogens is 163 g/mol. The molecule has 0 aliphatic heterocycles. The molecule has 0 saturated heterocycles. The fourth-order valence-corrected chi connectivity index (χ4v) is 0.224. The van der Waals surface area contributed by atoms with E-state index in [0.29, 0.717) is 0 Å². The zero-order valence-corrected chi connectivity index (χ0v) is 6.70. The van der Waals surface area contributed by atoms with E-state index in [0.717, 1.165) is 12.8 Å². The van der Waals surface area contributed by atoms with E-state index in [4.69, 9.17) is 33.4 Å². The highest BCUT2D eigenvalue weighted by atomic mass is 35.5. The quantitative estimate of drug-likeness (QED) is 0.499. The van der Waals surface area contributed by atoms with Crippen LogP contribution in [0.25, 0.3) is 0 Å². The van der Waals surface area contributed by atoms with Crippen LogP contribution in [0.1, 0.15) is 12.8 Å². The zero-order chi connectivity index (χ0) is 7.54. The Balaban J connectivity index is 0. The molecule has 0 aromatic rings. The Labute approximate surface area is 65.4 Å². The van der Waals surface area contributed by atoms with Gasteiger partial charge in [-0.3, -0.25) is 0 Å². The fraction of sp³-hybridized carbons (Fsp3) is 1.00. The highest BCUT2D eigenvalue weighted by Crippen LogP contribution is 1.80. The third-order valence-corrected chi connectivity index (χ3v) is 0.566. The molecule has 9 heavy (non-hydrogen) atoms. The molecule has 4 heteroatoms. The number of hydrogen-bond donors (Lipinski definition) is 2. The van der Waals surface area contributed by atoms with E-state index in [2.05, 4.69) is 0 Å². The SMILES string of the molecule is ClCCl.OCCCCO. The summed E-state index contributed by atoms with van der Waals surface area (Å²) < 4.78 is 0. The van der Waals surface area contributed by atoms with Crippen LogP contribution in [0, 0.1) is 0 Å². The Morgan fingerprint density at radius 2 is 1.11 bits per heavy atom. The van der Waals surface area contributed by atoms with Crippen molar-refractivity contribution in [3.05, 3.63) is 0 Å². The van der Waals surface area contributed by atoms with Gasteiger partial charge in [0.2, 0.25) is 0 Å². The molecule has 0 atom stereocenters. The first-order valence-electron chi connectivity index (χ1n) is 2.67. The van der Waals surface area contributed by atoms with Gasteiger partial charge in [-0.15, -0.1) is 23.2 Å². The van der Waals surface area contributed by atoms with Gasteiger partial charge in [-0.05, 0) is 12.8 Å². The van der Waals surface area contributed by atoms with Crippen LogP contribution in [0.15, 0.2) is 0 Å². The van der Waals surface area contributed by atoms with Gasteiger partial charge in [0, 0.05) is 13.2 Å². The number of hydrogen-bond acceptors (Lipinski definition) is 2. The van der Waals surface area contributed by atoms with Crippen LogP contribution in [-0.4, -0.2) is 28.8 Å². The van der Waals surface area contributed by atoms with E-state index in [1.54, 1.807) is 0 Å². The van der Waals surface area contributed by atoms with Gasteiger partial charge in [0.25, 0.3) is 0 Å². The van der Waals surface area contributed by atoms with Crippen molar-refractivity contribution in [1.29, 1.82) is 0 Å². The second-order valence-corrected chi connectivity index (χ2v) is 2.06. The molecule has 0 radical (unpaired) electrons. The minimum atomic E-state index is 0.194. The third-order valence-electron chi connectivity index (χ3n) is 0.566. The summed E-state index contributed by atoms with van der Waals surface area (Å²) >= 11 is 9.53. The first-order valence-corrected chi connectivity index (χ1v) is 3.74. The molecule has 0 saturated carbocycles. The summed E-state index contributed by atoms with van der Waals surface area (Å²) in [6.07, 6.45) is 1.44. The molecule has 0 aromatic heterocycles. The van der Waals surface area contributed by atoms with E-state index in [1.165, 1.54) is 0 Å². The Kier molecular flexibility index (Phi) is 21.4. The third kappa shape index (κ3) is 29.3. The molecule has 0 bridgehead atoms. The molecule has 2 N–H and O–H groups in total.